The number of Topliss-reactive ketones (excluding diaryl/α,β-unsaturated/α-hetero) is 1. The van der Waals surface area contributed by atoms with Crippen molar-refractivity contribution in [3.05, 3.63) is 93.5 Å². The van der Waals surface area contributed by atoms with Crippen molar-refractivity contribution in [3.63, 3.8) is 0 Å². The molecule has 0 amide bonds. The number of hydrogen-bond donors (Lipinski definition) is 2. The summed E-state index contributed by atoms with van der Waals surface area (Å²) in [6.45, 7) is 1.52. The van der Waals surface area contributed by atoms with Crippen LogP contribution in [0.5, 0.6) is 11.5 Å². The number of hydrogen-bond acceptors (Lipinski definition) is 5. The summed E-state index contributed by atoms with van der Waals surface area (Å²) in [6, 6.07) is 17.1. The number of aromatic hydroxyl groups is 1. The van der Waals surface area contributed by atoms with Gasteiger partial charge in [0, 0.05) is 0 Å². The second kappa shape index (κ2) is 9.96. The van der Waals surface area contributed by atoms with Gasteiger partial charge in [0.15, 0.2) is 5.78 Å². The molecule has 5 nitrogen and oxygen atoms in total. The molecule has 3 rings (SSSR count). The number of alkyl halides is 1. The summed E-state index contributed by atoms with van der Waals surface area (Å²) in [5.74, 6) is -0.338. The van der Waals surface area contributed by atoms with E-state index in [9.17, 15) is 19.8 Å². The molecule has 0 heterocycles. The number of carbonyl (C=O) groups excluding carboxylic acids is 2. The van der Waals surface area contributed by atoms with Crippen LogP contribution >= 0.6 is 23.2 Å². The number of ether oxygens (including phenoxy) is 1. The van der Waals surface area contributed by atoms with Crippen molar-refractivity contribution in [1.29, 1.82) is 0 Å². The number of phenols is 1. The molecule has 31 heavy (non-hydrogen) atoms. The number of aliphatic hydroxyl groups is 1. The fraction of sp³-hybridized carbons (Fsp3) is 0.167. The van der Waals surface area contributed by atoms with E-state index in [0.29, 0.717) is 23.0 Å². The van der Waals surface area contributed by atoms with Crippen molar-refractivity contribution in [2.24, 2.45) is 0 Å². The van der Waals surface area contributed by atoms with Crippen LogP contribution in [-0.4, -0.2) is 22.3 Å². The molecule has 0 bridgehead atoms. The van der Waals surface area contributed by atoms with Crippen LogP contribution in [0, 0.1) is 0 Å². The molecule has 0 aliphatic rings. The zero-order valence-corrected chi connectivity index (χ0v) is 18.1. The van der Waals surface area contributed by atoms with Crippen LogP contribution in [0.3, 0.4) is 0 Å². The summed E-state index contributed by atoms with van der Waals surface area (Å²) in [7, 11) is 0. The van der Waals surface area contributed by atoms with Gasteiger partial charge in [-0.3, -0.25) is 4.79 Å². The lowest BCUT2D eigenvalue weighted by Gasteiger charge is -2.15. The smallest absolute Gasteiger partial charge is 0.163 e. The van der Waals surface area contributed by atoms with Crippen LogP contribution in [0.2, 0.25) is 5.02 Å². The SMILES string of the molecule is CC(=O)c1ccc(OCc2ccc(C(O)c3cccc(C(Cl)C=O)c3)cc2)c(Cl)c1O. The largest absolute Gasteiger partial charge is 0.505 e. The van der Waals surface area contributed by atoms with E-state index in [-0.39, 0.29) is 34.5 Å². The highest BCUT2D eigenvalue weighted by atomic mass is 35.5. The number of rotatable bonds is 8. The van der Waals surface area contributed by atoms with Crippen LogP contribution in [0.4, 0.5) is 0 Å². The normalized spacial score (nSPS) is 12.8. The van der Waals surface area contributed by atoms with Gasteiger partial charge >= 0.3 is 0 Å². The monoisotopic (exact) mass is 458 g/mol. The Hall–Kier alpha value is -2.86. The molecule has 0 radical (unpaired) electrons. The van der Waals surface area contributed by atoms with Gasteiger partial charge in [0.25, 0.3) is 0 Å². The first-order valence-electron chi connectivity index (χ1n) is 9.43. The van der Waals surface area contributed by atoms with Crippen molar-refractivity contribution >= 4 is 35.3 Å². The minimum Gasteiger partial charge on any atom is -0.505 e. The first kappa shape index (κ1) is 22.8. The van der Waals surface area contributed by atoms with Crippen LogP contribution in [-0.2, 0) is 11.4 Å². The molecule has 0 saturated carbocycles. The van der Waals surface area contributed by atoms with Crippen molar-refractivity contribution in [2.75, 3.05) is 0 Å². The molecule has 0 aromatic heterocycles. The first-order valence-corrected chi connectivity index (χ1v) is 10.2. The van der Waals surface area contributed by atoms with Crippen LogP contribution in [0.1, 0.15) is 51.0 Å². The third-order valence-corrected chi connectivity index (χ3v) is 5.53. The first-order chi connectivity index (χ1) is 14.8. The maximum absolute atomic E-state index is 11.5. The zero-order valence-electron chi connectivity index (χ0n) is 16.6. The molecule has 0 aliphatic carbocycles. The molecule has 0 aliphatic heterocycles. The topological polar surface area (TPSA) is 83.8 Å². The lowest BCUT2D eigenvalue weighted by Crippen LogP contribution is -2.03. The van der Waals surface area contributed by atoms with E-state index in [4.69, 9.17) is 27.9 Å². The van der Waals surface area contributed by atoms with Gasteiger partial charge in [-0.15, -0.1) is 11.6 Å². The van der Waals surface area contributed by atoms with Gasteiger partial charge in [-0.05, 0) is 41.3 Å². The summed E-state index contributed by atoms with van der Waals surface area (Å²) in [4.78, 5) is 22.4. The van der Waals surface area contributed by atoms with E-state index < -0.39 is 11.5 Å². The van der Waals surface area contributed by atoms with Gasteiger partial charge in [0.05, 0.1) is 5.56 Å². The highest BCUT2D eigenvalue weighted by Crippen LogP contribution is 2.36. The molecule has 2 N–H and O–H groups in total. The summed E-state index contributed by atoms with van der Waals surface area (Å²) >= 11 is 12.1. The van der Waals surface area contributed by atoms with Crippen molar-refractivity contribution in [3.8, 4) is 11.5 Å². The predicted octanol–water partition coefficient (Wildman–Crippen LogP) is 5.39. The number of aldehydes is 1. The van der Waals surface area contributed by atoms with Gasteiger partial charge in [0.2, 0.25) is 0 Å². The van der Waals surface area contributed by atoms with Crippen LogP contribution in [0.15, 0.2) is 60.7 Å². The van der Waals surface area contributed by atoms with Crippen molar-refractivity contribution in [1.82, 2.24) is 0 Å². The van der Waals surface area contributed by atoms with Crippen LogP contribution < -0.4 is 4.74 Å². The Morgan fingerprint density at radius 1 is 1.06 bits per heavy atom. The Kier molecular flexibility index (Phi) is 7.33. The molecular weight excluding hydrogens is 439 g/mol. The molecule has 7 heteroatoms. The Labute approximate surface area is 189 Å². The number of aliphatic hydroxyl groups excluding tert-OH is 1. The molecule has 3 aromatic carbocycles. The molecule has 160 valence electrons. The van der Waals surface area contributed by atoms with E-state index in [1.807, 2.05) is 0 Å². The van der Waals surface area contributed by atoms with E-state index in [2.05, 4.69) is 0 Å². The van der Waals surface area contributed by atoms with Gasteiger partial charge in [-0.25, -0.2) is 0 Å². The van der Waals surface area contributed by atoms with E-state index >= 15 is 0 Å². The maximum atomic E-state index is 11.5. The number of benzene rings is 3. The average Bonchev–Trinajstić information content (AvgIpc) is 2.79. The summed E-state index contributed by atoms with van der Waals surface area (Å²) in [6.07, 6.45) is -0.238. The second-order valence-corrected chi connectivity index (χ2v) is 7.82. The number of halogens is 2. The summed E-state index contributed by atoms with van der Waals surface area (Å²) in [5.41, 5.74) is 2.86. The molecule has 2 unspecified atom stereocenters. The van der Waals surface area contributed by atoms with Crippen molar-refractivity contribution < 1.29 is 24.5 Å². The number of ketones is 1. The van der Waals surface area contributed by atoms with Gasteiger partial charge < -0.3 is 19.7 Å². The van der Waals surface area contributed by atoms with Gasteiger partial charge in [-0.1, -0.05) is 60.1 Å². The number of carbonyl (C=O) groups is 2. The minimum absolute atomic E-state index is 0.0208. The molecule has 0 saturated heterocycles. The third-order valence-electron chi connectivity index (χ3n) is 4.81. The quantitative estimate of drug-likeness (QED) is 0.268. The van der Waals surface area contributed by atoms with E-state index in [1.165, 1.54) is 19.1 Å². The molecule has 2 atom stereocenters. The Balaban J connectivity index is 1.70. The van der Waals surface area contributed by atoms with Gasteiger partial charge in [-0.2, -0.15) is 0 Å². The highest BCUT2D eigenvalue weighted by molar-refractivity contribution is 6.34. The number of phenolic OH excluding ortho intramolecular Hbond substituents is 1. The fourth-order valence-electron chi connectivity index (χ4n) is 3.07. The average molecular weight is 459 g/mol. The Morgan fingerprint density at radius 3 is 2.39 bits per heavy atom. The van der Waals surface area contributed by atoms with Crippen LogP contribution in [0.25, 0.3) is 0 Å². The third kappa shape index (κ3) is 5.25. The predicted molar refractivity (Wildman–Crippen MR) is 119 cm³/mol. The molecular formula is C24H20Cl2O5. The maximum Gasteiger partial charge on any atom is 0.163 e. The highest BCUT2D eigenvalue weighted by Gasteiger charge is 2.16. The Morgan fingerprint density at radius 2 is 1.74 bits per heavy atom. The Bertz CT molecular complexity index is 1100. The molecule has 0 spiro atoms. The lowest BCUT2D eigenvalue weighted by atomic mass is 9.98. The van der Waals surface area contributed by atoms with Crippen molar-refractivity contribution in [2.45, 2.75) is 25.0 Å². The second-order valence-electron chi connectivity index (χ2n) is 6.97. The van der Waals surface area contributed by atoms with Gasteiger partial charge in [0.1, 0.15) is 40.9 Å². The van der Waals surface area contributed by atoms with E-state index in [0.717, 1.165) is 5.56 Å². The fourth-order valence-corrected chi connectivity index (χ4v) is 3.43. The van der Waals surface area contributed by atoms with E-state index in [1.54, 1.807) is 48.5 Å². The summed E-state index contributed by atoms with van der Waals surface area (Å²) in [5, 5.41) is 19.9. The lowest BCUT2D eigenvalue weighted by molar-refractivity contribution is -0.107. The molecule has 0 fully saturated rings. The summed E-state index contributed by atoms with van der Waals surface area (Å²) < 4.78 is 5.66. The molecule has 3 aromatic rings. The standard InChI is InChI=1S/C24H20Cl2O5/c1-14(28)19-9-10-21(22(26)24(19)30)31-13-15-5-7-16(8-6-15)23(29)18-4-2-3-17(11-18)20(25)12-27/h2-12,20,23,29-30H,13H2,1H3. The zero-order chi connectivity index (χ0) is 22.5. The minimum atomic E-state index is -0.879.